The van der Waals surface area contributed by atoms with Crippen molar-refractivity contribution < 1.29 is 0 Å². The number of rotatable bonds is 1. The van der Waals surface area contributed by atoms with Crippen LogP contribution in [-0.4, -0.2) is 15.0 Å². The molecule has 2 bridgehead atoms. The monoisotopic (exact) mass is 227 g/mol. The van der Waals surface area contributed by atoms with Gasteiger partial charge in [-0.1, -0.05) is 6.42 Å². The molecular formula is C14H17N3. The summed E-state index contributed by atoms with van der Waals surface area (Å²) in [6.07, 6.45) is 7.46. The maximum Gasteiger partial charge on any atom is 0.177 e. The smallest absolute Gasteiger partial charge is 0.177 e. The summed E-state index contributed by atoms with van der Waals surface area (Å²) in [6.45, 7) is 2.12. The van der Waals surface area contributed by atoms with Gasteiger partial charge in [0, 0.05) is 12.1 Å². The average Bonchev–Trinajstić information content (AvgIpc) is 3.03. The van der Waals surface area contributed by atoms with E-state index >= 15 is 0 Å². The number of nitrogens with one attached hydrogen (secondary N) is 1. The van der Waals surface area contributed by atoms with Crippen LogP contribution in [0.15, 0.2) is 12.3 Å². The van der Waals surface area contributed by atoms with Crippen molar-refractivity contribution in [1.82, 2.24) is 15.0 Å². The van der Waals surface area contributed by atoms with E-state index in [2.05, 4.69) is 16.9 Å². The highest BCUT2D eigenvalue weighted by atomic mass is 15.0. The predicted octanol–water partition coefficient (Wildman–Crippen LogP) is 3.17. The van der Waals surface area contributed by atoms with Gasteiger partial charge in [-0.3, -0.25) is 0 Å². The van der Waals surface area contributed by atoms with Crippen LogP contribution in [0.4, 0.5) is 0 Å². The van der Waals surface area contributed by atoms with Crippen molar-refractivity contribution >= 4 is 11.2 Å². The number of imidazole rings is 1. The Labute approximate surface area is 101 Å². The van der Waals surface area contributed by atoms with Gasteiger partial charge in [-0.25, -0.2) is 9.97 Å². The Morgan fingerprint density at radius 2 is 2.24 bits per heavy atom. The zero-order valence-corrected chi connectivity index (χ0v) is 10.1. The Bertz CT molecular complexity index is 572. The topological polar surface area (TPSA) is 41.6 Å². The second-order valence-corrected chi connectivity index (χ2v) is 5.73. The molecule has 0 amide bonds. The zero-order valence-electron chi connectivity index (χ0n) is 10.1. The summed E-state index contributed by atoms with van der Waals surface area (Å²) in [5.74, 6) is 3.70. The van der Waals surface area contributed by atoms with Crippen LogP contribution in [0.25, 0.3) is 11.2 Å². The van der Waals surface area contributed by atoms with E-state index in [1.165, 1.54) is 37.1 Å². The molecule has 0 aliphatic heterocycles. The predicted molar refractivity (Wildman–Crippen MR) is 66.8 cm³/mol. The molecule has 88 valence electrons. The first kappa shape index (κ1) is 9.63. The Kier molecular flexibility index (Phi) is 1.88. The molecule has 0 radical (unpaired) electrons. The molecule has 0 aromatic carbocycles. The molecule has 3 atom stereocenters. The molecule has 2 fully saturated rings. The molecule has 3 unspecified atom stereocenters. The molecule has 3 heteroatoms. The van der Waals surface area contributed by atoms with Crippen LogP contribution < -0.4 is 0 Å². The highest BCUT2D eigenvalue weighted by Crippen LogP contribution is 2.52. The maximum absolute atomic E-state index is 4.71. The van der Waals surface area contributed by atoms with E-state index < -0.39 is 0 Å². The highest BCUT2D eigenvalue weighted by molar-refractivity contribution is 5.74. The van der Waals surface area contributed by atoms with E-state index in [4.69, 9.17) is 4.98 Å². The number of fused-ring (bicyclic) bond motifs is 3. The molecule has 2 saturated carbocycles. The SMILES string of the molecule is Cc1ccnc2nc(C3CC4CCC3C4)[nH]c12. The largest absolute Gasteiger partial charge is 0.340 e. The van der Waals surface area contributed by atoms with E-state index in [0.717, 1.165) is 23.0 Å². The third kappa shape index (κ3) is 1.34. The van der Waals surface area contributed by atoms with E-state index in [1.54, 1.807) is 0 Å². The molecule has 0 spiro atoms. The van der Waals surface area contributed by atoms with Crippen molar-refractivity contribution in [2.24, 2.45) is 11.8 Å². The number of nitrogens with zero attached hydrogens (tertiary/aromatic N) is 2. The lowest BCUT2D eigenvalue weighted by molar-refractivity contribution is 0.408. The van der Waals surface area contributed by atoms with Gasteiger partial charge >= 0.3 is 0 Å². The van der Waals surface area contributed by atoms with Crippen LogP contribution in [0.3, 0.4) is 0 Å². The fraction of sp³-hybridized carbons (Fsp3) is 0.571. The summed E-state index contributed by atoms with van der Waals surface area (Å²) in [7, 11) is 0. The quantitative estimate of drug-likeness (QED) is 0.813. The molecule has 3 nitrogen and oxygen atoms in total. The van der Waals surface area contributed by atoms with E-state index in [0.29, 0.717) is 5.92 Å². The molecular weight excluding hydrogens is 210 g/mol. The van der Waals surface area contributed by atoms with Gasteiger partial charge in [0.1, 0.15) is 5.82 Å². The number of aromatic amines is 1. The lowest BCUT2D eigenvalue weighted by atomic mass is 9.88. The Morgan fingerprint density at radius 1 is 1.29 bits per heavy atom. The Balaban J connectivity index is 1.79. The van der Waals surface area contributed by atoms with Gasteiger partial charge < -0.3 is 4.98 Å². The van der Waals surface area contributed by atoms with Crippen LogP contribution in [0.1, 0.15) is 43.0 Å². The first-order chi connectivity index (χ1) is 8.31. The van der Waals surface area contributed by atoms with Crippen LogP contribution in [0, 0.1) is 18.8 Å². The summed E-state index contributed by atoms with van der Waals surface area (Å²) in [5.41, 5.74) is 3.27. The molecule has 2 aliphatic carbocycles. The standard InChI is InChI=1S/C14H17N3/c1-8-4-5-15-14-12(8)16-13(17-14)11-7-9-2-3-10(11)6-9/h4-5,9-11H,2-3,6-7H2,1H3,(H,15,16,17). The van der Waals surface area contributed by atoms with Crippen molar-refractivity contribution in [3.05, 3.63) is 23.7 Å². The van der Waals surface area contributed by atoms with E-state index in [-0.39, 0.29) is 0 Å². The van der Waals surface area contributed by atoms with Gasteiger partial charge in [-0.15, -0.1) is 0 Å². The highest BCUT2D eigenvalue weighted by Gasteiger charge is 2.41. The van der Waals surface area contributed by atoms with Crippen LogP contribution in [0.5, 0.6) is 0 Å². The van der Waals surface area contributed by atoms with Crippen molar-refractivity contribution in [1.29, 1.82) is 0 Å². The molecule has 0 saturated heterocycles. The van der Waals surface area contributed by atoms with Gasteiger partial charge in [0.05, 0.1) is 5.52 Å². The maximum atomic E-state index is 4.71. The van der Waals surface area contributed by atoms with Crippen molar-refractivity contribution in [2.45, 2.75) is 38.5 Å². The number of aromatic nitrogens is 3. The molecule has 4 rings (SSSR count). The van der Waals surface area contributed by atoms with Gasteiger partial charge in [-0.05, 0) is 49.7 Å². The summed E-state index contributed by atoms with van der Waals surface area (Å²) >= 11 is 0. The van der Waals surface area contributed by atoms with Gasteiger partial charge in [0.15, 0.2) is 5.65 Å². The lowest BCUT2D eigenvalue weighted by Crippen LogP contribution is -2.09. The lowest BCUT2D eigenvalue weighted by Gasteiger charge is -2.18. The number of hydrogen-bond donors (Lipinski definition) is 1. The zero-order chi connectivity index (χ0) is 11.4. The molecule has 2 heterocycles. The molecule has 2 aromatic heterocycles. The first-order valence-corrected chi connectivity index (χ1v) is 6.62. The number of hydrogen-bond acceptors (Lipinski definition) is 2. The molecule has 2 aliphatic rings. The second-order valence-electron chi connectivity index (χ2n) is 5.73. The fourth-order valence-electron chi connectivity index (χ4n) is 3.81. The molecule has 17 heavy (non-hydrogen) atoms. The summed E-state index contributed by atoms with van der Waals surface area (Å²) in [4.78, 5) is 12.6. The summed E-state index contributed by atoms with van der Waals surface area (Å²) in [5, 5.41) is 0. The minimum Gasteiger partial charge on any atom is -0.340 e. The van der Waals surface area contributed by atoms with Crippen LogP contribution in [-0.2, 0) is 0 Å². The van der Waals surface area contributed by atoms with Gasteiger partial charge in [-0.2, -0.15) is 0 Å². The minimum atomic E-state index is 0.669. The van der Waals surface area contributed by atoms with Crippen LogP contribution in [0.2, 0.25) is 0 Å². The minimum absolute atomic E-state index is 0.669. The molecule has 2 aromatic rings. The Morgan fingerprint density at radius 3 is 2.94 bits per heavy atom. The number of aryl methyl sites for hydroxylation is 1. The number of pyridine rings is 1. The van der Waals surface area contributed by atoms with Crippen molar-refractivity contribution in [3.63, 3.8) is 0 Å². The Hall–Kier alpha value is -1.38. The normalized spacial score (nSPS) is 31.5. The average molecular weight is 227 g/mol. The van der Waals surface area contributed by atoms with Crippen molar-refractivity contribution in [3.8, 4) is 0 Å². The van der Waals surface area contributed by atoms with E-state index in [9.17, 15) is 0 Å². The summed E-state index contributed by atoms with van der Waals surface area (Å²) in [6, 6.07) is 2.05. The van der Waals surface area contributed by atoms with Crippen molar-refractivity contribution in [2.75, 3.05) is 0 Å². The molecule has 1 N–H and O–H groups in total. The third-order valence-corrected chi connectivity index (χ3v) is 4.71. The third-order valence-electron chi connectivity index (χ3n) is 4.71. The summed E-state index contributed by atoms with van der Waals surface area (Å²) < 4.78 is 0. The number of H-pyrrole nitrogens is 1. The van der Waals surface area contributed by atoms with E-state index in [1.807, 2.05) is 12.3 Å². The van der Waals surface area contributed by atoms with Crippen LogP contribution >= 0.6 is 0 Å². The van der Waals surface area contributed by atoms with Gasteiger partial charge in [0.25, 0.3) is 0 Å². The fourth-order valence-corrected chi connectivity index (χ4v) is 3.81. The first-order valence-electron chi connectivity index (χ1n) is 6.62. The van der Waals surface area contributed by atoms with Gasteiger partial charge in [0.2, 0.25) is 0 Å². The second kappa shape index (κ2) is 3.31.